The maximum Gasteiger partial charge on any atom is 0.125 e. The molecule has 19 heavy (non-hydrogen) atoms. The second kappa shape index (κ2) is 4.79. The number of fused-ring (bicyclic) bond motifs is 1. The monoisotopic (exact) mass is 271 g/mol. The average molecular weight is 272 g/mol. The Morgan fingerprint density at radius 1 is 1.37 bits per heavy atom. The lowest BCUT2D eigenvalue weighted by molar-refractivity contribution is 0.493. The standard InChI is InChI=1S/C14H10ClN3O/c15-7-14-17-12-4-3-10(8-16)6-13(12)18(14)9-11-2-1-5-19-11/h1-6H,7,9H2. The van der Waals surface area contributed by atoms with Crippen LogP contribution in [0.4, 0.5) is 0 Å². The number of nitriles is 1. The van der Waals surface area contributed by atoms with Crippen LogP contribution in [-0.4, -0.2) is 9.55 Å². The van der Waals surface area contributed by atoms with E-state index in [1.807, 2.05) is 28.8 Å². The Labute approximate surface area is 114 Å². The minimum Gasteiger partial charge on any atom is -0.467 e. The van der Waals surface area contributed by atoms with Gasteiger partial charge in [0.2, 0.25) is 0 Å². The van der Waals surface area contributed by atoms with Gasteiger partial charge in [-0.1, -0.05) is 0 Å². The summed E-state index contributed by atoms with van der Waals surface area (Å²) in [7, 11) is 0. The van der Waals surface area contributed by atoms with Crippen molar-refractivity contribution in [2.45, 2.75) is 12.4 Å². The highest BCUT2D eigenvalue weighted by Crippen LogP contribution is 2.20. The third-order valence-electron chi connectivity index (χ3n) is 2.97. The summed E-state index contributed by atoms with van der Waals surface area (Å²) in [5, 5.41) is 8.98. The predicted octanol–water partition coefficient (Wildman–Crippen LogP) is 3.29. The first kappa shape index (κ1) is 11.8. The van der Waals surface area contributed by atoms with Gasteiger partial charge < -0.3 is 8.98 Å². The first-order valence-electron chi connectivity index (χ1n) is 5.79. The molecule has 3 aromatic rings. The Kier molecular flexibility index (Phi) is 2.98. The lowest BCUT2D eigenvalue weighted by atomic mass is 10.2. The summed E-state index contributed by atoms with van der Waals surface area (Å²) < 4.78 is 7.33. The molecule has 0 N–H and O–H groups in total. The van der Waals surface area contributed by atoms with Gasteiger partial charge >= 0.3 is 0 Å². The van der Waals surface area contributed by atoms with Crippen LogP contribution in [0.15, 0.2) is 41.0 Å². The Morgan fingerprint density at radius 3 is 2.95 bits per heavy atom. The van der Waals surface area contributed by atoms with Crippen LogP contribution in [0.2, 0.25) is 0 Å². The van der Waals surface area contributed by atoms with Gasteiger partial charge in [-0.2, -0.15) is 5.26 Å². The quantitative estimate of drug-likeness (QED) is 0.687. The molecule has 0 bridgehead atoms. The summed E-state index contributed by atoms with van der Waals surface area (Å²) in [4.78, 5) is 4.47. The van der Waals surface area contributed by atoms with E-state index in [9.17, 15) is 0 Å². The van der Waals surface area contributed by atoms with Crippen molar-refractivity contribution in [2.75, 3.05) is 0 Å². The molecular formula is C14H10ClN3O. The average Bonchev–Trinajstić information content (AvgIpc) is 3.07. The van der Waals surface area contributed by atoms with Gasteiger partial charge in [0.05, 0.1) is 41.4 Å². The topological polar surface area (TPSA) is 54.8 Å². The highest BCUT2D eigenvalue weighted by molar-refractivity contribution is 6.16. The number of benzene rings is 1. The fourth-order valence-electron chi connectivity index (χ4n) is 2.08. The predicted molar refractivity (Wildman–Crippen MR) is 71.8 cm³/mol. The lowest BCUT2D eigenvalue weighted by Gasteiger charge is -2.05. The summed E-state index contributed by atoms with van der Waals surface area (Å²) >= 11 is 5.94. The number of furan rings is 1. The van der Waals surface area contributed by atoms with Crippen molar-refractivity contribution >= 4 is 22.6 Å². The second-order valence-corrected chi connectivity index (χ2v) is 4.41. The van der Waals surface area contributed by atoms with Crippen molar-refractivity contribution < 1.29 is 4.42 Å². The second-order valence-electron chi connectivity index (χ2n) is 4.14. The summed E-state index contributed by atoms with van der Waals surface area (Å²) in [5.41, 5.74) is 2.33. The number of alkyl halides is 1. The molecule has 0 amide bonds. The molecule has 0 fully saturated rings. The van der Waals surface area contributed by atoms with E-state index in [1.165, 1.54) is 0 Å². The van der Waals surface area contributed by atoms with E-state index < -0.39 is 0 Å². The third-order valence-corrected chi connectivity index (χ3v) is 3.21. The fourth-order valence-corrected chi connectivity index (χ4v) is 2.28. The Bertz CT molecular complexity index is 753. The van der Waals surface area contributed by atoms with Crippen molar-refractivity contribution in [3.63, 3.8) is 0 Å². The summed E-state index contributed by atoms with van der Waals surface area (Å²) in [6.07, 6.45) is 1.63. The molecule has 0 saturated heterocycles. The van der Waals surface area contributed by atoms with Gasteiger partial charge in [-0.15, -0.1) is 11.6 Å². The molecule has 0 spiro atoms. The highest BCUT2D eigenvalue weighted by atomic mass is 35.5. The minimum absolute atomic E-state index is 0.317. The van der Waals surface area contributed by atoms with E-state index in [2.05, 4.69) is 11.1 Å². The van der Waals surface area contributed by atoms with Crippen molar-refractivity contribution in [1.82, 2.24) is 9.55 Å². The smallest absolute Gasteiger partial charge is 0.125 e. The molecule has 0 atom stereocenters. The van der Waals surface area contributed by atoms with Crippen LogP contribution in [0.3, 0.4) is 0 Å². The normalized spacial score (nSPS) is 10.7. The first-order chi connectivity index (χ1) is 9.31. The molecule has 0 aliphatic carbocycles. The molecule has 1 aromatic carbocycles. The van der Waals surface area contributed by atoms with Crippen LogP contribution in [-0.2, 0) is 12.4 Å². The number of hydrogen-bond donors (Lipinski definition) is 0. The van der Waals surface area contributed by atoms with Gasteiger partial charge in [0.25, 0.3) is 0 Å². The summed E-state index contributed by atoms with van der Waals surface area (Å²) in [6.45, 7) is 0.556. The van der Waals surface area contributed by atoms with Crippen molar-refractivity contribution in [2.24, 2.45) is 0 Å². The fraction of sp³-hybridized carbons (Fsp3) is 0.143. The molecule has 0 radical (unpaired) electrons. The van der Waals surface area contributed by atoms with Crippen molar-refractivity contribution in [1.29, 1.82) is 5.26 Å². The number of imidazole rings is 1. The molecule has 0 aliphatic rings. The maximum atomic E-state index is 8.98. The SMILES string of the molecule is N#Cc1ccc2nc(CCl)n(Cc3ccco3)c2c1. The van der Waals surface area contributed by atoms with Gasteiger partial charge in [0, 0.05) is 0 Å². The Hall–Kier alpha value is -2.25. The van der Waals surface area contributed by atoms with E-state index in [0.717, 1.165) is 22.6 Å². The van der Waals surface area contributed by atoms with Crippen molar-refractivity contribution in [3.05, 3.63) is 53.7 Å². The van der Waals surface area contributed by atoms with E-state index in [1.54, 1.807) is 12.3 Å². The van der Waals surface area contributed by atoms with Gasteiger partial charge in [-0.25, -0.2) is 4.98 Å². The molecule has 0 aliphatic heterocycles. The molecule has 2 heterocycles. The van der Waals surface area contributed by atoms with Gasteiger partial charge in [0.15, 0.2) is 0 Å². The summed E-state index contributed by atoms with van der Waals surface area (Å²) in [5.74, 6) is 1.91. The number of hydrogen-bond acceptors (Lipinski definition) is 3. The number of aromatic nitrogens is 2. The molecule has 4 nitrogen and oxygen atoms in total. The first-order valence-corrected chi connectivity index (χ1v) is 6.33. The zero-order valence-corrected chi connectivity index (χ0v) is 10.8. The van der Waals surface area contributed by atoms with Crippen LogP contribution in [0, 0.1) is 11.3 Å². The van der Waals surface area contributed by atoms with E-state index >= 15 is 0 Å². The molecule has 94 valence electrons. The van der Waals surface area contributed by atoms with E-state index in [0.29, 0.717) is 18.0 Å². The highest BCUT2D eigenvalue weighted by Gasteiger charge is 2.12. The van der Waals surface area contributed by atoms with Crippen LogP contribution < -0.4 is 0 Å². The van der Waals surface area contributed by atoms with Gasteiger partial charge in [-0.3, -0.25) is 0 Å². The Balaban J connectivity index is 2.16. The van der Waals surface area contributed by atoms with Crippen LogP contribution in [0.1, 0.15) is 17.1 Å². The van der Waals surface area contributed by atoms with Crippen LogP contribution >= 0.6 is 11.6 Å². The molecule has 0 saturated carbocycles. The third kappa shape index (κ3) is 2.09. The maximum absolute atomic E-state index is 8.98. The van der Waals surface area contributed by atoms with Crippen LogP contribution in [0.25, 0.3) is 11.0 Å². The van der Waals surface area contributed by atoms with Gasteiger partial charge in [-0.05, 0) is 30.3 Å². The van der Waals surface area contributed by atoms with Crippen LogP contribution in [0.5, 0.6) is 0 Å². The molecule has 0 unspecified atom stereocenters. The zero-order valence-electron chi connectivity index (χ0n) is 10.0. The van der Waals surface area contributed by atoms with E-state index in [4.69, 9.17) is 21.3 Å². The van der Waals surface area contributed by atoms with E-state index in [-0.39, 0.29) is 0 Å². The number of nitrogens with zero attached hydrogens (tertiary/aromatic N) is 3. The molecular weight excluding hydrogens is 262 g/mol. The van der Waals surface area contributed by atoms with Gasteiger partial charge in [0.1, 0.15) is 11.6 Å². The Morgan fingerprint density at radius 2 is 2.26 bits per heavy atom. The minimum atomic E-state index is 0.317. The molecule has 5 heteroatoms. The number of halogens is 1. The zero-order chi connectivity index (χ0) is 13.2. The van der Waals surface area contributed by atoms with Crippen molar-refractivity contribution in [3.8, 4) is 6.07 Å². The molecule has 3 rings (SSSR count). The number of rotatable bonds is 3. The lowest BCUT2D eigenvalue weighted by Crippen LogP contribution is -2.03. The summed E-state index contributed by atoms with van der Waals surface area (Å²) in [6, 6.07) is 11.3. The molecule has 2 aromatic heterocycles. The largest absolute Gasteiger partial charge is 0.467 e.